The molecule has 4 heteroatoms. The Morgan fingerprint density at radius 2 is 1.70 bits per heavy atom. The Labute approximate surface area is 121 Å². The predicted molar refractivity (Wildman–Crippen MR) is 79.9 cm³/mol. The van der Waals surface area contributed by atoms with E-state index in [1.165, 1.54) is 12.1 Å². The molecule has 0 saturated heterocycles. The Morgan fingerprint density at radius 3 is 2.10 bits per heavy atom. The minimum absolute atomic E-state index is 0.0706. The van der Waals surface area contributed by atoms with Crippen molar-refractivity contribution in [3.05, 3.63) is 35.4 Å². The van der Waals surface area contributed by atoms with Crippen LogP contribution in [0.2, 0.25) is 0 Å². The summed E-state index contributed by atoms with van der Waals surface area (Å²) in [6.07, 6.45) is 1.56. The van der Waals surface area contributed by atoms with E-state index in [1.54, 1.807) is 0 Å². The van der Waals surface area contributed by atoms with Crippen molar-refractivity contribution >= 4 is 0 Å². The van der Waals surface area contributed by atoms with Crippen molar-refractivity contribution in [2.75, 3.05) is 20.6 Å². The van der Waals surface area contributed by atoms with Crippen molar-refractivity contribution in [3.63, 3.8) is 0 Å². The molecule has 20 heavy (non-hydrogen) atoms. The van der Waals surface area contributed by atoms with Gasteiger partial charge in [-0.2, -0.15) is 0 Å². The van der Waals surface area contributed by atoms with E-state index in [0.717, 1.165) is 19.0 Å². The second kappa shape index (κ2) is 7.14. The van der Waals surface area contributed by atoms with E-state index in [4.69, 9.17) is 0 Å². The highest BCUT2D eigenvalue weighted by molar-refractivity contribution is 5.20. The van der Waals surface area contributed by atoms with Crippen LogP contribution in [0, 0.1) is 11.6 Å². The van der Waals surface area contributed by atoms with Crippen LogP contribution >= 0.6 is 0 Å². The van der Waals surface area contributed by atoms with Gasteiger partial charge < -0.3 is 10.2 Å². The molecular formula is C16H26F2N2. The quantitative estimate of drug-likeness (QED) is 0.827. The normalized spacial score (nSPS) is 16.2. The molecule has 0 saturated carbocycles. The molecule has 0 amide bonds. The van der Waals surface area contributed by atoms with Crippen molar-refractivity contribution in [1.29, 1.82) is 0 Å². The van der Waals surface area contributed by atoms with Crippen molar-refractivity contribution in [2.24, 2.45) is 0 Å². The highest BCUT2D eigenvalue weighted by Crippen LogP contribution is 2.24. The minimum Gasteiger partial charge on any atom is -0.312 e. The predicted octanol–water partition coefficient (Wildman–Crippen LogP) is 3.22. The molecule has 0 aliphatic rings. The van der Waals surface area contributed by atoms with Gasteiger partial charge >= 0.3 is 0 Å². The standard InChI is InChI=1S/C16H26F2N2/c1-6-16(3,20(4)5)15(19-7-2)10-12-8-13(17)11-14(18)9-12/h8-9,11,15,19H,6-7,10H2,1-5H3. The summed E-state index contributed by atoms with van der Waals surface area (Å²) in [4.78, 5) is 2.18. The van der Waals surface area contributed by atoms with E-state index in [1.807, 2.05) is 21.0 Å². The first-order chi connectivity index (χ1) is 9.33. The molecule has 0 radical (unpaired) electrons. The molecule has 1 N–H and O–H groups in total. The summed E-state index contributed by atoms with van der Waals surface area (Å²) in [7, 11) is 4.08. The maximum Gasteiger partial charge on any atom is 0.126 e. The lowest BCUT2D eigenvalue weighted by Crippen LogP contribution is -2.57. The average molecular weight is 284 g/mol. The highest BCUT2D eigenvalue weighted by Gasteiger charge is 2.34. The molecular weight excluding hydrogens is 258 g/mol. The lowest BCUT2D eigenvalue weighted by molar-refractivity contribution is 0.113. The molecule has 0 aliphatic heterocycles. The largest absolute Gasteiger partial charge is 0.312 e. The van der Waals surface area contributed by atoms with Crippen LogP contribution in [-0.2, 0) is 6.42 Å². The number of hydrogen-bond acceptors (Lipinski definition) is 2. The van der Waals surface area contributed by atoms with Crippen LogP contribution in [0.4, 0.5) is 8.78 Å². The van der Waals surface area contributed by atoms with E-state index in [0.29, 0.717) is 12.0 Å². The van der Waals surface area contributed by atoms with Crippen LogP contribution in [-0.4, -0.2) is 37.1 Å². The van der Waals surface area contributed by atoms with Crippen molar-refractivity contribution in [2.45, 2.75) is 45.2 Å². The molecule has 1 aromatic rings. The second-order valence-electron chi connectivity index (χ2n) is 5.70. The molecule has 0 spiro atoms. The lowest BCUT2D eigenvalue weighted by Gasteiger charge is -2.43. The van der Waals surface area contributed by atoms with Gasteiger partial charge in [-0.05, 0) is 58.1 Å². The minimum atomic E-state index is -0.515. The van der Waals surface area contributed by atoms with E-state index >= 15 is 0 Å². The number of nitrogens with zero attached hydrogens (tertiary/aromatic N) is 1. The third kappa shape index (κ3) is 4.00. The van der Waals surface area contributed by atoms with Crippen LogP contribution in [0.5, 0.6) is 0 Å². The smallest absolute Gasteiger partial charge is 0.126 e. The maximum atomic E-state index is 13.3. The van der Waals surface area contributed by atoms with Crippen molar-refractivity contribution < 1.29 is 8.78 Å². The van der Waals surface area contributed by atoms with Gasteiger partial charge in [0.05, 0.1) is 0 Å². The van der Waals surface area contributed by atoms with Gasteiger partial charge in [-0.1, -0.05) is 13.8 Å². The van der Waals surface area contributed by atoms with E-state index in [9.17, 15) is 8.78 Å². The van der Waals surface area contributed by atoms with E-state index in [-0.39, 0.29) is 11.6 Å². The Hall–Kier alpha value is -1.00. The summed E-state index contributed by atoms with van der Waals surface area (Å²) in [5, 5.41) is 3.46. The van der Waals surface area contributed by atoms with Crippen LogP contribution in [0.25, 0.3) is 0 Å². The molecule has 0 heterocycles. The van der Waals surface area contributed by atoms with Gasteiger partial charge in [-0.25, -0.2) is 8.78 Å². The topological polar surface area (TPSA) is 15.3 Å². The summed E-state index contributed by atoms with van der Waals surface area (Å²) in [6, 6.07) is 3.88. The number of halogens is 2. The molecule has 0 aliphatic carbocycles. The zero-order chi connectivity index (χ0) is 15.3. The van der Waals surface area contributed by atoms with Crippen molar-refractivity contribution in [3.8, 4) is 0 Å². The van der Waals surface area contributed by atoms with E-state index < -0.39 is 11.6 Å². The lowest BCUT2D eigenvalue weighted by atomic mass is 9.84. The van der Waals surface area contributed by atoms with Crippen LogP contribution in [0.1, 0.15) is 32.8 Å². The highest BCUT2D eigenvalue weighted by atomic mass is 19.1. The van der Waals surface area contributed by atoms with Crippen LogP contribution in [0.15, 0.2) is 18.2 Å². The van der Waals surface area contributed by atoms with Gasteiger partial charge in [0.15, 0.2) is 0 Å². The second-order valence-corrected chi connectivity index (χ2v) is 5.70. The number of likely N-dealkylation sites (N-methyl/N-ethyl adjacent to an activating group) is 2. The first-order valence-electron chi connectivity index (χ1n) is 7.19. The molecule has 0 aromatic heterocycles. The zero-order valence-corrected chi connectivity index (χ0v) is 13.1. The first kappa shape index (κ1) is 17.1. The summed E-state index contributed by atoms with van der Waals surface area (Å²) in [5.41, 5.74) is 0.619. The molecule has 114 valence electrons. The molecule has 1 rings (SSSR count). The van der Waals surface area contributed by atoms with Gasteiger partial charge in [-0.3, -0.25) is 0 Å². The monoisotopic (exact) mass is 284 g/mol. The molecule has 0 fully saturated rings. The van der Waals surface area contributed by atoms with Gasteiger partial charge in [0, 0.05) is 17.6 Å². The third-order valence-corrected chi connectivity index (χ3v) is 4.30. The Kier molecular flexibility index (Phi) is 6.08. The number of hydrogen-bond donors (Lipinski definition) is 1. The van der Waals surface area contributed by atoms with Gasteiger partial charge in [0.2, 0.25) is 0 Å². The summed E-state index contributed by atoms with van der Waals surface area (Å²) in [5.74, 6) is -1.03. The van der Waals surface area contributed by atoms with E-state index in [2.05, 4.69) is 24.1 Å². The molecule has 2 nitrogen and oxygen atoms in total. The third-order valence-electron chi connectivity index (χ3n) is 4.30. The SMILES string of the molecule is CCNC(Cc1cc(F)cc(F)c1)C(C)(CC)N(C)C. The fourth-order valence-corrected chi connectivity index (χ4v) is 2.60. The number of rotatable bonds is 7. The van der Waals surface area contributed by atoms with Crippen LogP contribution in [0.3, 0.4) is 0 Å². The van der Waals surface area contributed by atoms with Crippen LogP contribution < -0.4 is 5.32 Å². The first-order valence-corrected chi connectivity index (χ1v) is 7.19. The molecule has 0 bridgehead atoms. The van der Waals surface area contributed by atoms with Crippen molar-refractivity contribution in [1.82, 2.24) is 10.2 Å². The van der Waals surface area contributed by atoms with Gasteiger partial charge in [-0.15, -0.1) is 0 Å². The maximum absolute atomic E-state index is 13.3. The zero-order valence-electron chi connectivity index (χ0n) is 13.1. The molecule has 1 aromatic carbocycles. The summed E-state index contributed by atoms with van der Waals surface area (Å²) >= 11 is 0. The fourth-order valence-electron chi connectivity index (χ4n) is 2.60. The Bertz CT molecular complexity index is 414. The Morgan fingerprint density at radius 1 is 1.15 bits per heavy atom. The molecule has 2 unspecified atom stereocenters. The molecule has 2 atom stereocenters. The Balaban J connectivity index is 3.02. The van der Waals surface area contributed by atoms with Gasteiger partial charge in [0.25, 0.3) is 0 Å². The van der Waals surface area contributed by atoms with Gasteiger partial charge in [0.1, 0.15) is 11.6 Å². The average Bonchev–Trinajstić information content (AvgIpc) is 2.35. The number of benzene rings is 1. The summed E-state index contributed by atoms with van der Waals surface area (Å²) in [6.45, 7) is 7.18. The summed E-state index contributed by atoms with van der Waals surface area (Å²) < 4.78 is 26.7. The number of nitrogens with one attached hydrogen (secondary N) is 1. The fraction of sp³-hybridized carbons (Fsp3) is 0.625.